The molecule has 1 heterocycles. The summed E-state index contributed by atoms with van der Waals surface area (Å²) in [5, 5.41) is 3.48. The molecular weight excluding hydrogens is 264 g/mol. The third kappa shape index (κ3) is 3.06. The van der Waals surface area contributed by atoms with E-state index in [4.69, 9.17) is 10.5 Å². The van der Waals surface area contributed by atoms with Gasteiger partial charge in [-0.25, -0.2) is 0 Å². The molecule has 1 aliphatic rings. The quantitative estimate of drug-likeness (QED) is 0.905. The molecule has 1 amide bonds. The molecule has 108 valence electrons. The monoisotopic (exact) mass is 282 g/mol. The Hall–Kier alpha value is -2.33. The third-order valence-electron chi connectivity index (χ3n) is 3.68. The van der Waals surface area contributed by atoms with E-state index in [1.807, 2.05) is 36.4 Å². The predicted octanol–water partition coefficient (Wildman–Crippen LogP) is 2.40. The summed E-state index contributed by atoms with van der Waals surface area (Å²) < 4.78 is 5.65. The Labute approximate surface area is 123 Å². The highest BCUT2D eigenvalue weighted by Crippen LogP contribution is 2.29. The van der Waals surface area contributed by atoms with Gasteiger partial charge in [0.2, 0.25) is 5.91 Å². The summed E-state index contributed by atoms with van der Waals surface area (Å²) in [5.74, 6) is -0.329. The Morgan fingerprint density at radius 2 is 1.95 bits per heavy atom. The van der Waals surface area contributed by atoms with Crippen LogP contribution in [-0.2, 0) is 22.6 Å². The summed E-state index contributed by atoms with van der Waals surface area (Å²) in [6, 6.07) is 16.1. The molecule has 4 nitrogen and oxygen atoms in total. The number of anilines is 1. The van der Waals surface area contributed by atoms with E-state index in [2.05, 4.69) is 17.4 Å². The molecule has 0 radical (unpaired) electrons. The van der Waals surface area contributed by atoms with Crippen molar-refractivity contribution < 1.29 is 9.53 Å². The average molecular weight is 282 g/mol. The molecule has 0 fully saturated rings. The molecule has 0 aliphatic carbocycles. The van der Waals surface area contributed by atoms with Crippen molar-refractivity contribution in [2.75, 3.05) is 11.9 Å². The lowest BCUT2D eigenvalue weighted by Crippen LogP contribution is -2.24. The largest absolute Gasteiger partial charge is 0.376 e. The number of nitrogens with one attached hydrogen (secondary N) is 1. The van der Waals surface area contributed by atoms with E-state index in [0.717, 1.165) is 11.3 Å². The number of nitrogens with two attached hydrogens (primary N) is 1. The molecule has 2 aromatic carbocycles. The smallest absolute Gasteiger partial charge is 0.221 e. The van der Waals surface area contributed by atoms with E-state index in [0.29, 0.717) is 13.2 Å². The van der Waals surface area contributed by atoms with Gasteiger partial charge >= 0.3 is 0 Å². The van der Waals surface area contributed by atoms with Crippen LogP contribution in [0.4, 0.5) is 5.69 Å². The van der Waals surface area contributed by atoms with Crippen molar-refractivity contribution in [1.82, 2.24) is 0 Å². The van der Waals surface area contributed by atoms with E-state index in [-0.39, 0.29) is 18.4 Å². The van der Waals surface area contributed by atoms with E-state index < -0.39 is 0 Å². The molecule has 0 saturated heterocycles. The Kier molecular flexibility index (Phi) is 3.88. The molecule has 0 saturated carbocycles. The summed E-state index contributed by atoms with van der Waals surface area (Å²) in [6.07, 6.45) is 0.235. The number of benzene rings is 2. The zero-order chi connectivity index (χ0) is 14.7. The van der Waals surface area contributed by atoms with Gasteiger partial charge in [-0.15, -0.1) is 0 Å². The highest BCUT2D eigenvalue weighted by atomic mass is 16.5. The van der Waals surface area contributed by atoms with Crippen molar-refractivity contribution in [3.63, 3.8) is 0 Å². The van der Waals surface area contributed by atoms with Gasteiger partial charge in [-0.3, -0.25) is 4.79 Å². The van der Waals surface area contributed by atoms with E-state index in [1.165, 1.54) is 11.1 Å². The molecular formula is C17H18N2O2. The fourth-order valence-corrected chi connectivity index (χ4v) is 2.69. The minimum absolute atomic E-state index is 0.0870. The fraction of sp³-hybridized carbons (Fsp3) is 0.235. The Balaban J connectivity index is 1.86. The van der Waals surface area contributed by atoms with Gasteiger partial charge in [-0.05, 0) is 22.8 Å². The van der Waals surface area contributed by atoms with Crippen molar-refractivity contribution in [3.8, 4) is 0 Å². The van der Waals surface area contributed by atoms with Gasteiger partial charge in [0.1, 0.15) is 0 Å². The zero-order valence-electron chi connectivity index (χ0n) is 11.7. The maximum absolute atomic E-state index is 11.2. The van der Waals surface area contributed by atoms with Crippen molar-refractivity contribution in [2.45, 2.75) is 19.1 Å². The van der Waals surface area contributed by atoms with Gasteiger partial charge in [0.25, 0.3) is 0 Å². The standard InChI is InChI=1S/C17H18N2O2/c18-17(20)9-12-5-2-4-8-15(12)19-16-11-21-10-13-6-1-3-7-14(13)16/h1-8,16,19H,9-11H2,(H2,18,20). The van der Waals surface area contributed by atoms with Gasteiger partial charge in [0.05, 0.1) is 25.7 Å². The van der Waals surface area contributed by atoms with Crippen molar-refractivity contribution in [2.24, 2.45) is 5.73 Å². The Morgan fingerprint density at radius 3 is 2.81 bits per heavy atom. The van der Waals surface area contributed by atoms with Crippen molar-refractivity contribution in [3.05, 3.63) is 65.2 Å². The van der Waals surface area contributed by atoms with Crippen LogP contribution in [0.3, 0.4) is 0 Å². The lowest BCUT2D eigenvalue weighted by molar-refractivity contribution is -0.117. The number of hydrogen-bond acceptors (Lipinski definition) is 3. The predicted molar refractivity (Wildman–Crippen MR) is 81.8 cm³/mol. The molecule has 3 rings (SSSR count). The number of primary amides is 1. The van der Waals surface area contributed by atoms with Crippen LogP contribution >= 0.6 is 0 Å². The number of carbonyl (C=O) groups excluding carboxylic acids is 1. The van der Waals surface area contributed by atoms with Crippen LogP contribution in [0, 0.1) is 0 Å². The number of ether oxygens (including phenoxy) is 1. The number of hydrogen-bond donors (Lipinski definition) is 2. The van der Waals surface area contributed by atoms with E-state index >= 15 is 0 Å². The molecule has 0 bridgehead atoms. The van der Waals surface area contributed by atoms with Crippen LogP contribution < -0.4 is 11.1 Å². The summed E-state index contributed by atoms with van der Waals surface area (Å²) in [5.41, 5.74) is 9.60. The third-order valence-corrected chi connectivity index (χ3v) is 3.68. The number of rotatable bonds is 4. The maximum Gasteiger partial charge on any atom is 0.221 e. The van der Waals surface area contributed by atoms with Crippen LogP contribution in [0.2, 0.25) is 0 Å². The highest BCUT2D eigenvalue weighted by molar-refractivity contribution is 5.78. The lowest BCUT2D eigenvalue weighted by Gasteiger charge is -2.28. The first-order chi connectivity index (χ1) is 10.2. The number of fused-ring (bicyclic) bond motifs is 1. The minimum Gasteiger partial charge on any atom is -0.376 e. The number of para-hydroxylation sites is 1. The summed E-state index contributed by atoms with van der Waals surface area (Å²) in [6.45, 7) is 1.26. The van der Waals surface area contributed by atoms with Gasteiger partial charge in [-0.2, -0.15) is 0 Å². The SMILES string of the molecule is NC(=O)Cc1ccccc1NC1COCc2ccccc21. The molecule has 4 heteroatoms. The highest BCUT2D eigenvalue weighted by Gasteiger charge is 2.20. The second-order valence-corrected chi connectivity index (χ2v) is 5.21. The molecule has 1 atom stereocenters. The number of amides is 1. The van der Waals surface area contributed by atoms with Crippen LogP contribution in [0.25, 0.3) is 0 Å². The Morgan fingerprint density at radius 1 is 1.19 bits per heavy atom. The molecule has 3 N–H and O–H groups in total. The summed E-state index contributed by atoms with van der Waals surface area (Å²) in [7, 11) is 0. The number of carbonyl (C=O) groups is 1. The molecule has 1 aliphatic heterocycles. The Bertz CT molecular complexity index is 655. The lowest BCUT2D eigenvalue weighted by atomic mass is 9.98. The first-order valence-corrected chi connectivity index (χ1v) is 7.02. The van der Waals surface area contributed by atoms with E-state index in [1.54, 1.807) is 0 Å². The first kappa shape index (κ1) is 13.6. The molecule has 0 aromatic heterocycles. The summed E-state index contributed by atoms with van der Waals surface area (Å²) in [4.78, 5) is 11.2. The van der Waals surface area contributed by atoms with Crippen LogP contribution in [0.15, 0.2) is 48.5 Å². The average Bonchev–Trinajstić information content (AvgIpc) is 2.49. The molecule has 1 unspecified atom stereocenters. The van der Waals surface area contributed by atoms with Crippen LogP contribution in [0.1, 0.15) is 22.7 Å². The first-order valence-electron chi connectivity index (χ1n) is 7.02. The van der Waals surface area contributed by atoms with E-state index in [9.17, 15) is 4.79 Å². The normalized spacial score (nSPS) is 17.0. The maximum atomic E-state index is 11.2. The molecule has 2 aromatic rings. The van der Waals surface area contributed by atoms with Gasteiger partial charge < -0.3 is 15.8 Å². The van der Waals surface area contributed by atoms with Crippen LogP contribution in [0.5, 0.6) is 0 Å². The fourth-order valence-electron chi connectivity index (χ4n) is 2.69. The van der Waals surface area contributed by atoms with Crippen molar-refractivity contribution in [1.29, 1.82) is 0 Å². The summed E-state index contributed by atoms with van der Waals surface area (Å²) >= 11 is 0. The van der Waals surface area contributed by atoms with Gasteiger partial charge in [0, 0.05) is 5.69 Å². The van der Waals surface area contributed by atoms with Crippen LogP contribution in [-0.4, -0.2) is 12.5 Å². The molecule has 0 spiro atoms. The zero-order valence-corrected chi connectivity index (χ0v) is 11.7. The van der Waals surface area contributed by atoms with Crippen molar-refractivity contribution >= 4 is 11.6 Å². The topological polar surface area (TPSA) is 64.4 Å². The molecule has 21 heavy (non-hydrogen) atoms. The second kappa shape index (κ2) is 5.97. The minimum atomic E-state index is -0.329. The second-order valence-electron chi connectivity index (χ2n) is 5.21. The van der Waals surface area contributed by atoms with Gasteiger partial charge in [0.15, 0.2) is 0 Å². The van der Waals surface area contributed by atoms with Gasteiger partial charge in [-0.1, -0.05) is 42.5 Å².